The number of carbonyl (C=O) groups excluding carboxylic acids is 1. The molecule has 0 spiro atoms. The van der Waals surface area contributed by atoms with Crippen LogP contribution in [0.2, 0.25) is 0 Å². The summed E-state index contributed by atoms with van der Waals surface area (Å²) in [6, 6.07) is 8.78. The van der Waals surface area contributed by atoms with Crippen LogP contribution in [0.1, 0.15) is 48.4 Å². The minimum absolute atomic E-state index is 0.0548. The molecule has 1 unspecified atom stereocenters. The van der Waals surface area contributed by atoms with E-state index in [2.05, 4.69) is 40.0 Å². The highest BCUT2D eigenvalue weighted by molar-refractivity contribution is 5.90. The number of anilines is 1. The lowest BCUT2D eigenvalue weighted by Crippen LogP contribution is -2.23. The molecule has 1 aromatic heterocycles. The van der Waals surface area contributed by atoms with Crippen molar-refractivity contribution in [2.75, 3.05) is 18.9 Å². The van der Waals surface area contributed by atoms with Crippen molar-refractivity contribution >= 4 is 11.7 Å². The van der Waals surface area contributed by atoms with Crippen LogP contribution < -0.4 is 10.6 Å². The molecule has 1 atom stereocenters. The van der Waals surface area contributed by atoms with Crippen molar-refractivity contribution in [3.05, 3.63) is 47.2 Å². The molecule has 1 amide bonds. The molecule has 0 radical (unpaired) electrons. The molecular weight excluding hydrogens is 300 g/mol. The van der Waals surface area contributed by atoms with Crippen molar-refractivity contribution in [1.82, 2.24) is 15.1 Å². The lowest BCUT2D eigenvalue weighted by molar-refractivity contribution is -0.116. The molecule has 5 heteroatoms. The number of benzene rings is 1. The summed E-state index contributed by atoms with van der Waals surface area (Å²) in [6.45, 7) is 2.85. The summed E-state index contributed by atoms with van der Waals surface area (Å²) in [5.74, 6) is 0.894. The van der Waals surface area contributed by atoms with Crippen LogP contribution >= 0.6 is 0 Å². The Kier molecular flexibility index (Phi) is 5.30. The molecule has 1 aliphatic rings. The quantitative estimate of drug-likeness (QED) is 0.802. The van der Waals surface area contributed by atoms with Crippen LogP contribution in [-0.4, -0.2) is 29.3 Å². The first kappa shape index (κ1) is 16.7. The highest BCUT2D eigenvalue weighted by atomic mass is 16.1. The number of hydrogen-bond donors (Lipinski definition) is 2. The fraction of sp³-hybridized carbons (Fsp3) is 0.474. The Bertz CT molecular complexity index is 707. The molecule has 24 heavy (non-hydrogen) atoms. The third-order valence-corrected chi connectivity index (χ3v) is 4.70. The van der Waals surface area contributed by atoms with E-state index < -0.39 is 0 Å². The van der Waals surface area contributed by atoms with E-state index in [9.17, 15) is 4.79 Å². The second-order valence-electron chi connectivity index (χ2n) is 6.48. The largest absolute Gasteiger partial charge is 0.320 e. The molecule has 2 aromatic rings. The first-order valence-electron chi connectivity index (χ1n) is 8.77. The lowest BCUT2D eigenvalue weighted by Gasteiger charge is -2.27. The fourth-order valence-electron chi connectivity index (χ4n) is 3.44. The van der Waals surface area contributed by atoms with Gasteiger partial charge in [-0.25, -0.2) is 4.68 Å². The summed E-state index contributed by atoms with van der Waals surface area (Å²) in [6.07, 6.45) is 6.53. The molecule has 3 rings (SSSR count). The van der Waals surface area contributed by atoms with Gasteiger partial charge in [0.2, 0.25) is 5.91 Å². The van der Waals surface area contributed by atoms with Gasteiger partial charge in [-0.15, -0.1) is 0 Å². The molecule has 1 aliphatic carbocycles. The smallest absolute Gasteiger partial charge is 0.225 e. The molecule has 1 aromatic carbocycles. The van der Waals surface area contributed by atoms with Gasteiger partial charge in [0.05, 0.1) is 12.2 Å². The molecule has 0 saturated carbocycles. The number of aryl methyl sites for hydroxylation is 2. The van der Waals surface area contributed by atoms with E-state index in [1.165, 1.54) is 11.1 Å². The first-order valence-corrected chi connectivity index (χ1v) is 8.77. The zero-order valence-corrected chi connectivity index (χ0v) is 14.5. The molecule has 0 bridgehead atoms. The van der Waals surface area contributed by atoms with E-state index in [-0.39, 0.29) is 11.9 Å². The van der Waals surface area contributed by atoms with E-state index in [0.717, 1.165) is 43.6 Å². The number of amides is 1. The standard InChI is InChI=1S/C19H26N4O/c1-14-13-21-23(19(14)22-18(24)11-6-12-20-2)17-10-5-8-15-7-3-4-9-16(15)17/h3-4,7,9,13,17,20H,5-6,8,10-12H2,1-2H3,(H,22,24). The minimum Gasteiger partial charge on any atom is -0.320 e. The summed E-state index contributed by atoms with van der Waals surface area (Å²) >= 11 is 0. The average Bonchev–Trinajstić information content (AvgIpc) is 2.95. The first-order chi connectivity index (χ1) is 11.7. The third-order valence-electron chi connectivity index (χ3n) is 4.70. The van der Waals surface area contributed by atoms with Crippen molar-refractivity contribution in [1.29, 1.82) is 0 Å². The average molecular weight is 326 g/mol. The Morgan fingerprint density at radius 2 is 2.21 bits per heavy atom. The third kappa shape index (κ3) is 3.51. The number of nitrogens with one attached hydrogen (secondary N) is 2. The summed E-state index contributed by atoms with van der Waals surface area (Å²) in [5.41, 5.74) is 3.74. The van der Waals surface area contributed by atoms with Crippen LogP contribution in [0.4, 0.5) is 5.82 Å². The van der Waals surface area contributed by atoms with Crippen molar-refractivity contribution in [2.45, 2.75) is 45.1 Å². The normalized spacial score (nSPS) is 16.7. The topological polar surface area (TPSA) is 59.0 Å². The van der Waals surface area contributed by atoms with Gasteiger partial charge in [0.25, 0.3) is 0 Å². The van der Waals surface area contributed by atoms with Gasteiger partial charge in [0, 0.05) is 12.0 Å². The summed E-state index contributed by atoms with van der Waals surface area (Å²) in [4.78, 5) is 12.2. The van der Waals surface area contributed by atoms with Gasteiger partial charge in [-0.3, -0.25) is 4.79 Å². The van der Waals surface area contributed by atoms with E-state index in [1.807, 2.05) is 24.9 Å². The SMILES string of the molecule is CNCCCC(=O)Nc1c(C)cnn1C1CCCc2ccccc21. The highest BCUT2D eigenvalue weighted by Gasteiger charge is 2.25. The van der Waals surface area contributed by atoms with E-state index in [0.29, 0.717) is 6.42 Å². The Hall–Kier alpha value is -2.14. The monoisotopic (exact) mass is 326 g/mol. The molecule has 5 nitrogen and oxygen atoms in total. The lowest BCUT2D eigenvalue weighted by atomic mass is 9.88. The van der Waals surface area contributed by atoms with E-state index in [1.54, 1.807) is 0 Å². The second kappa shape index (κ2) is 7.62. The Morgan fingerprint density at radius 3 is 3.04 bits per heavy atom. The molecule has 2 N–H and O–H groups in total. The molecule has 1 heterocycles. The van der Waals surface area contributed by atoms with Crippen molar-refractivity contribution in [2.24, 2.45) is 0 Å². The number of carbonyl (C=O) groups is 1. The van der Waals surface area contributed by atoms with Gasteiger partial charge in [-0.2, -0.15) is 5.10 Å². The molecule has 0 aliphatic heterocycles. The van der Waals surface area contributed by atoms with Crippen molar-refractivity contribution in [3.63, 3.8) is 0 Å². The number of fused-ring (bicyclic) bond motifs is 1. The zero-order valence-electron chi connectivity index (χ0n) is 14.5. The highest BCUT2D eigenvalue weighted by Crippen LogP contribution is 2.35. The maximum absolute atomic E-state index is 12.2. The Morgan fingerprint density at radius 1 is 1.38 bits per heavy atom. The summed E-state index contributed by atoms with van der Waals surface area (Å²) in [7, 11) is 1.90. The van der Waals surface area contributed by atoms with Crippen molar-refractivity contribution in [3.8, 4) is 0 Å². The van der Waals surface area contributed by atoms with Gasteiger partial charge in [0.15, 0.2) is 0 Å². The van der Waals surface area contributed by atoms with Crippen LogP contribution in [-0.2, 0) is 11.2 Å². The van der Waals surface area contributed by atoms with Crippen LogP contribution in [0.25, 0.3) is 0 Å². The predicted molar refractivity (Wildman–Crippen MR) is 96.3 cm³/mol. The molecular formula is C19H26N4O. The van der Waals surface area contributed by atoms with Gasteiger partial charge in [-0.1, -0.05) is 24.3 Å². The predicted octanol–water partition coefficient (Wildman–Crippen LogP) is 3.06. The Balaban J connectivity index is 1.82. The summed E-state index contributed by atoms with van der Waals surface area (Å²) < 4.78 is 2.00. The minimum atomic E-state index is 0.0548. The van der Waals surface area contributed by atoms with Gasteiger partial charge in [-0.05, 0) is 57.3 Å². The maximum atomic E-state index is 12.2. The van der Waals surface area contributed by atoms with Crippen molar-refractivity contribution < 1.29 is 4.79 Å². The van der Waals surface area contributed by atoms with Crippen LogP contribution in [0, 0.1) is 6.92 Å². The number of aromatic nitrogens is 2. The van der Waals surface area contributed by atoms with Crippen LogP contribution in [0.3, 0.4) is 0 Å². The Labute approximate surface area is 143 Å². The molecule has 0 saturated heterocycles. The van der Waals surface area contributed by atoms with Gasteiger partial charge < -0.3 is 10.6 Å². The maximum Gasteiger partial charge on any atom is 0.225 e. The van der Waals surface area contributed by atoms with Gasteiger partial charge in [0.1, 0.15) is 5.82 Å². The zero-order chi connectivity index (χ0) is 16.9. The fourth-order valence-corrected chi connectivity index (χ4v) is 3.44. The second-order valence-corrected chi connectivity index (χ2v) is 6.48. The number of rotatable bonds is 6. The van der Waals surface area contributed by atoms with Crippen LogP contribution in [0.5, 0.6) is 0 Å². The molecule has 0 fully saturated rings. The molecule has 128 valence electrons. The van der Waals surface area contributed by atoms with Crippen LogP contribution in [0.15, 0.2) is 30.5 Å². The summed E-state index contributed by atoms with van der Waals surface area (Å²) in [5, 5.41) is 10.7. The number of nitrogens with zero attached hydrogens (tertiary/aromatic N) is 2. The van der Waals surface area contributed by atoms with Gasteiger partial charge >= 0.3 is 0 Å². The van der Waals surface area contributed by atoms with E-state index in [4.69, 9.17) is 0 Å². The van der Waals surface area contributed by atoms with E-state index >= 15 is 0 Å². The number of hydrogen-bond acceptors (Lipinski definition) is 3.